The van der Waals surface area contributed by atoms with E-state index in [2.05, 4.69) is 25.9 Å². The van der Waals surface area contributed by atoms with Gasteiger partial charge >= 0.3 is 0 Å². The Kier molecular flexibility index (Phi) is 2.62. The molecule has 4 aliphatic rings. The highest BCUT2D eigenvalue weighted by Gasteiger charge is 2.54. The summed E-state index contributed by atoms with van der Waals surface area (Å²) in [5.41, 5.74) is -0.104. The van der Waals surface area contributed by atoms with Gasteiger partial charge in [0.1, 0.15) is 0 Å². The number of aromatic amines is 1. The number of aromatic nitrogens is 4. The largest absolute Gasteiger partial charge is 0.346 e. The lowest BCUT2D eigenvalue weighted by Gasteiger charge is -2.55. The quantitative estimate of drug-likeness (QED) is 0.877. The van der Waals surface area contributed by atoms with Crippen LogP contribution >= 0.6 is 0 Å². The number of tetrazole rings is 1. The Morgan fingerprint density at radius 1 is 1.25 bits per heavy atom. The summed E-state index contributed by atoms with van der Waals surface area (Å²) in [6.45, 7) is 1.92. The second-order valence-corrected chi connectivity index (χ2v) is 7.16. The van der Waals surface area contributed by atoms with Crippen LogP contribution in [0.4, 0.5) is 0 Å². The van der Waals surface area contributed by atoms with Crippen molar-refractivity contribution >= 4 is 5.91 Å². The second kappa shape index (κ2) is 4.27. The molecule has 1 aromatic rings. The molecule has 1 aromatic heterocycles. The molecule has 108 valence electrons. The van der Waals surface area contributed by atoms with Crippen molar-refractivity contribution < 1.29 is 4.79 Å². The van der Waals surface area contributed by atoms with Crippen LogP contribution in [-0.4, -0.2) is 26.5 Å². The van der Waals surface area contributed by atoms with Gasteiger partial charge < -0.3 is 5.32 Å². The predicted molar refractivity (Wildman–Crippen MR) is 71.3 cm³/mol. The minimum absolute atomic E-state index is 0.104. The summed E-state index contributed by atoms with van der Waals surface area (Å²) in [5, 5.41) is 17.0. The predicted octanol–water partition coefficient (Wildman–Crippen LogP) is 1.59. The first-order valence-corrected chi connectivity index (χ1v) is 7.69. The number of carbonyl (C=O) groups is 1. The van der Waals surface area contributed by atoms with Crippen LogP contribution in [0.25, 0.3) is 0 Å². The SMILES string of the molecule is CC(NC(=O)C12CC3CC(CC(C3)C1)C2)c1nn[nH]n1. The molecule has 0 aliphatic heterocycles. The lowest BCUT2D eigenvalue weighted by molar-refractivity contribution is -0.147. The van der Waals surface area contributed by atoms with Gasteiger partial charge in [-0.3, -0.25) is 4.79 Å². The van der Waals surface area contributed by atoms with Gasteiger partial charge in [-0.25, -0.2) is 0 Å². The Labute approximate surface area is 118 Å². The van der Waals surface area contributed by atoms with E-state index in [1.807, 2.05) is 6.92 Å². The van der Waals surface area contributed by atoms with Crippen molar-refractivity contribution in [2.75, 3.05) is 0 Å². The molecule has 0 spiro atoms. The van der Waals surface area contributed by atoms with Gasteiger partial charge in [0.05, 0.1) is 6.04 Å². The fourth-order valence-corrected chi connectivity index (χ4v) is 5.16. The molecule has 1 atom stereocenters. The molecule has 6 nitrogen and oxygen atoms in total. The number of nitrogens with one attached hydrogen (secondary N) is 2. The van der Waals surface area contributed by atoms with Crippen molar-refractivity contribution in [3.8, 4) is 0 Å². The summed E-state index contributed by atoms with van der Waals surface area (Å²) >= 11 is 0. The Bertz CT molecular complexity index is 476. The minimum atomic E-state index is -0.172. The molecule has 0 radical (unpaired) electrons. The van der Waals surface area contributed by atoms with Crippen LogP contribution < -0.4 is 5.32 Å². The lowest BCUT2D eigenvalue weighted by Crippen LogP contribution is -2.53. The van der Waals surface area contributed by atoms with Gasteiger partial charge in [-0.1, -0.05) is 5.21 Å². The summed E-state index contributed by atoms with van der Waals surface area (Å²) in [6.07, 6.45) is 7.32. The summed E-state index contributed by atoms with van der Waals surface area (Å²) in [7, 11) is 0. The Hall–Kier alpha value is -1.46. The first-order valence-electron chi connectivity index (χ1n) is 7.69. The Balaban J connectivity index is 1.51. The number of H-pyrrole nitrogens is 1. The monoisotopic (exact) mass is 275 g/mol. The maximum Gasteiger partial charge on any atom is 0.226 e. The molecular formula is C14H21N5O. The molecule has 5 rings (SSSR count). The number of rotatable bonds is 3. The fourth-order valence-electron chi connectivity index (χ4n) is 5.16. The summed E-state index contributed by atoms with van der Waals surface area (Å²) in [6, 6.07) is -0.172. The van der Waals surface area contributed by atoms with Crippen LogP contribution in [-0.2, 0) is 4.79 Å². The Morgan fingerprint density at radius 3 is 2.35 bits per heavy atom. The molecule has 20 heavy (non-hydrogen) atoms. The zero-order chi connectivity index (χ0) is 13.7. The zero-order valence-corrected chi connectivity index (χ0v) is 11.8. The van der Waals surface area contributed by atoms with Gasteiger partial charge in [0.15, 0.2) is 5.82 Å². The summed E-state index contributed by atoms with van der Waals surface area (Å²) < 4.78 is 0. The normalized spacial score (nSPS) is 39.8. The fraction of sp³-hybridized carbons (Fsp3) is 0.857. The van der Waals surface area contributed by atoms with E-state index in [9.17, 15) is 4.79 Å². The number of nitrogens with zero attached hydrogens (tertiary/aromatic N) is 3. The third-order valence-corrected chi connectivity index (χ3v) is 5.62. The molecule has 2 N–H and O–H groups in total. The van der Waals surface area contributed by atoms with Crippen molar-refractivity contribution in [1.29, 1.82) is 0 Å². The maximum absolute atomic E-state index is 12.8. The van der Waals surface area contributed by atoms with Crippen molar-refractivity contribution in [2.24, 2.45) is 23.2 Å². The first-order chi connectivity index (χ1) is 9.64. The molecule has 4 fully saturated rings. The van der Waals surface area contributed by atoms with E-state index < -0.39 is 0 Å². The smallest absolute Gasteiger partial charge is 0.226 e. The van der Waals surface area contributed by atoms with E-state index in [1.165, 1.54) is 19.3 Å². The molecule has 1 amide bonds. The molecule has 4 bridgehead atoms. The van der Waals surface area contributed by atoms with Crippen molar-refractivity contribution in [3.05, 3.63) is 5.82 Å². The molecule has 0 saturated heterocycles. The molecule has 0 aromatic carbocycles. The maximum atomic E-state index is 12.8. The van der Waals surface area contributed by atoms with Crippen LogP contribution in [0.5, 0.6) is 0 Å². The minimum Gasteiger partial charge on any atom is -0.346 e. The molecular weight excluding hydrogens is 254 g/mol. The number of hydrogen-bond acceptors (Lipinski definition) is 4. The average Bonchev–Trinajstić information content (AvgIpc) is 2.90. The van der Waals surface area contributed by atoms with Gasteiger partial charge in [0, 0.05) is 5.41 Å². The van der Waals surface area contributed by atoms with Crippen LogP contribution in [0.3, 0.4) is 0 Å². The van der Waals surface area contributed by atoms with Crippen LogP contribution in [0.15, 0.2) is 0 Å². The highest BCUT2D eigenvalue weighted by Crippen LogP contribution is 2.60. The van der Waals surface area contributed by atoms with E-state index in [0.29, 0.717) is 5.82 Å². The molecule has 1 unspecified atom stereocenters. The molecule has 4 saturated carbocycles. The van der Waals surface area contributed by atoms with Crippen LogP contribution in [0, 0.1) is 23.2 Å². The lowest BCUT2D eigenvalue weighted by atomic mass is 9.49. The van der Waals surface area contributed by atoms with Crippen molar-refractivity contribution in [1.82, 2.24) is 25.9 Å². The highest BCUT2D eigenvalue weighted by molar-refractivity contribution is 5.83. The number of amides is 1. The van der Waals surface area contributed by atoms with Gasteiger partial charge in [-0.2, -0.15) is 5.21 Å². The van der Waals surface area contributed by atoms with E-state index in [-0.39, 0.29) is 17.4 Å². The van der Waals surface area contributed by atoms with Gasteiger partial charge in [-0.15, -0.1) is 10.2 Å². The molecule has 6 heteroatoms. The van der Waals surface area contributed by atoms with Gasteiger partial charge in [0.2, 0.25) is 5.91 Å². The van der Waals surface area contributed by atoms with E-state index in [0.717, 1.165) is 37.0 Å². The standard InChI is InChI=1S/C14H21N5O/c1-8(12-16-18-19-17-12)15-13(20)14-5-9-2-10(6-14)4-11(3-9)7-14/h8-11H,2-7H2,1H3,(H,15,20)(H,16,17,18,19). The number of hydrogen-bond donors (Lipinski definition) is 2. The first kappa shape index (κ1) is 12.3. The summed E-state index contributed by atoms with van der Waals surface area (Å²) in [4.78, 5) is 12.8. The van der Waals surface area contributed by atoms with E-state index >= 15 is 0 Å². The summed E-state index contributed by atoms with van der Waals surface area (Å²) in [5.74, 6) is 3.13. The molecule has 1 heterocycles. The number of carbonyl (C=O) groups excluding carboxylic acids is 1. The van der Waals surface area contributed by atoms with Gasteiger partial charge in [0.25, 0.3) is 0 Å². The van der Waals surface area contributed by atoms with E-state index in [1.54, 1.807) is 0 Å². The molecule has 4 aliphatic carbocycles. The van der Waals surface area contributed by atoms with Gasteiger partial charge in [-0.05, 0) is 63.2 Å². The third-order valence-electron chi connectivity index (χ3n) is 5.62. The Morgan fingerprint density at radius 2 is 1.85 bits per heavy atom. The highest BCUT2D eigenvalue weighted by atomic mass is 16.2. The van der Waals surface area contributed by atoms with E-state index in [4.69, 9.17) is 0 Å². The second-order valence-electron chi connectivity index (χ2n) is 7.16. The van der Waals surface area contributed by atoms with Crippen LogP contribution in [0.1, 0.15) is 57.3 Å². The van der Waals surface area contributed by atoms with Crippen molar-refractivity contribution in [3.63, 3.8) is 0 Å². The average molecular weight is 275 g/mol. The zero-order valence-electron chi connectivity index (χ0n) is 11.8. The van der Waals surface area contributed by atoms with Crippen molar-refractivity contribution in [2.45, 2.75) is 51.5 Å². The van der Waals surface area contributed by atoms with Crippen LogP contribution in [0.2, 0.25) is 0 Å². The topological polar surface area (TPSA) is 83.6 Å². The third kappa shape index (κ3) is 1.84.